The molecule has 9 heteroatoms. The molecule has 0 saturated carbocycles. The van der Waals surface area contributed by atoms with Gasteiger partial charge < -0.3 is 14.1 Å². The molecule has 0 saturated heterocycles. The van der Waals surface area contributed by atoms with E-state index in [-0.39, 0.29) is 11.4 Å². The highest BCUT2D eigenvalue weighted by atomic mass is 79.9. The van der Waals surface area contributed by atoms with Gasteiger partial charge in [0, 0.05) is 33.8 Å². The molecule has 1 N–H and O–H groups in total. The van der Waals surface area contributed by atoms with Gasteiger partial charge in [-0.05, 0) is 51.8 Å². The Morgan fingerprint density at radius 1 is 1.10 bits per heavy atom. The number of benzene rings is 3. The number of aromatic nitrogens is 1. The summed E-state index contributed by atoms with van der Waals surface area (Å²) in [6.45, 7) is 8.45. The Bertz CT molecular complexity index is 1870. The second kappa shape index (κ2) is 11.1. The molecular formula is C30H22BrN3O4S. The van der Waals surface area contributed by atoms with Crippen LogP contribution in [0.1, 0.15) is 16.9 Å². The average molecular weight is 600 g/mol. The first-order valence-corrected chi connectivity index (χ1v) is 13.4. The van der Waals surface area contributed by atoms with E-state index in [0.717, 1.165) is 25.9 Å². The van der Waals surface area contributed by atoms with E-state index < -0.39 is 4.92 Å². The molecule has 2 heterocycles. The van der Waals surface area contributed by atoms with Gasteiger partial charge in [0.2, 0.25) is 0 Å². The largest absolute Gasteiger partial charge is 0.508 e. The summed E-state index contributed by atoms with van der Waals surface area (Å²) in [5, 5.41) is 21.5. The maximum atomic E-state index is 11.1. The summed E-state index contributed by atoms with van der Waals surface area (Å²) >= 11 is 4.91. The van der Waals surface area contributed by atoms with Crippen LogP contribution in [0.15, 0.2) is 105 Å². The molecule has 0 fully saturated rings. The summed E-state index contributed by atoms with van der Waals surface area (Å²) in [7, 11) is 0. The number of nitrogens with zero attached hydrogens (tertiary/aromatic N) is 3. The quantitative estimate of drug-likeness (QED) is 0.131. The van der Waals surface area contributed by atoms with Crippen LogP contribution >= 0.6 is 27.3 Å². The number of halogens is 1. The van der Waals surface area contributed by atoms with E-state index in [4.69, 9.17) is 9.41 Å². The Morgan fingerprint density at radius 2 is 1.85 bits per heavy atom. The number of furan rings is 1. The van der Waals surface area contributed by atoms with Crippen LogP contribution in [0.5, 0.6) is 0 Å². The van der Waals surface area contributed by atoms with Crippen LogP contribution < -0.4 is 14.7 Å². The van der Waals surface area contributed by atoms with Crippen molar-refractivity contribution in [1.29, 1.82) is 0 Å². The summed E-state index contributed by atoms with van der Waals surface area (Å²) in [4.78, 5) is 16.3. The number of thiazole rings is 1. The van der Waals surface area contributed by atoms with Crippen LogP contribution in [-0.4, -0.2) is 14.6 Å². The topological polar surface area (TPSA) is 93.8 Å². The fourth-order valence-electron chi connectivity index (χ4n) is 3.94. The molecule has 0 aliphatic heterocycles. The van der Waals surface area contributed by atoms with Gasteiger partial charge in [-0.3, -0.25) is 10.1 Å². The van der Waals surface area contributed by atoms with Crippen molar-refractivity contribution in [3.05, 3.63) is 138 Å². The Morgan fingerprint density at radius 3 is 2.51 bits per heavy atom. The van der Waals surface area contributed by atoms with Gasteiger partial charge in [-0.15, -0.1) is 0 Å². The van der Waals surface area contributed by atoms with Crippen LogP contribution in [0, 0.1) is 10.1 Å². The number of nitro benzene ring substituents is 1. The number of hydrogen-bond acceptors (Lipinski definition) is 6. The maximum absolute atomic E-state index is 11.1. The first-order chi connectivity index (χ1) is 18.8. The monoisotopic (exact) mass is 599 g/mol. The molecule has 5 aromatic rings. The number of non-ortho nitro benzene ring substituents is 1. The number of nitro groups is 1. The molecule has 2 aromatic heterocycles. The SMILES string of the molecule is C=C(O)c1ccc(Cn2c(=Nc3ccccc3)s/c(=C/c3ccc(-c4ccc([N+](=O)[O-])cc4Br)o3)c2=C)cc1. The summed E-state index contributed by atoms with van der Waals surface area (Å²) in [6.07, 6.45) is 1.91. The predicted molar refractivity (Wildman–Crippen MR) is 158 cm³/mol. The minimum Gasteiger partial charge on any atom is -0.508 e. The second-order valence-corrected chi connectivity index (χ2v) is 10.5. The summed E-state index contributed by atoms with van der Waals surface area (Å²) < 4.78 is 9.58. The van der Waals surface area contributed by atoms with Gasteiger partial charge in [-0.25, -0.2) is 4.99 Å². The van der Waals surface area contributed by atoms with E-state index in [0.29, 0.717) is 33.7 Å². The van der Waals surface area contributed by atoms with Gasteiger partial charge >= 0.3 is 0 Å². The zero-order valence-corrected chi connectivity index (χ0v) is 23.0. The Labute approximate surface area is 235 Å². The highest BCUT2D eigenvalue weighted by Gasteiger charge is 2.13. The molecule has 7 nitrogen and oxygen atoms in total. The molecular weight excluding hydrogens is 578 g/mol. The molecule has 0 bridgehead atoms. The first-order valence-electron chi connectivity index (χ1n) is 11.8. The standard InChI is InChI=1S/C30H22BrN3O4S/c1-19-29(17-25-13-15-28(38-25)26-14-12-24(34(36)37)16-27(26)31)39-30(32-23-6-4-3-5-7-23)33(19)18-21-8-10-22(11-9-21)20(2)35/h3-17,35H,1-2,18H2/b29-17+,32-30?. The number of rotatable bonds is 7. The van der Waals surface area contributed by atoms with Crippen molar-refractivity contribution < 1.29 is 14.4 Å². The highest BCUT2D eigenvalue weighted by molar-refractivity contribution is 9.10. The van der Waals surface area contributed by atoms with Gasteiger partial charge in [-0.2, -0.15) is 0 Å². The minimum absolute atomic E-state index is 0.000523. The van der Waals surface area contributed by atoms with Crippen LogP contribution in [0.3, 0.4) is 0 Å². The lowest BCUT2D eigenvalue weighted by Gasteiger charge is -2.06. The molecule has 5 rings (SSSR count). The Kier molecular flexibility index (Phi) is 7.44. The van der Waals surface area contributed by atoms with Crippen molar-refractivity contribution in [1.82, 2.24) is 4.57 Å². The highest BCUT2D eigenvalue weighted by Crippen LogP contribution is 2.32. The molecule has 0 radical (unpaired) electrons. The predicted octanol–water partition coefficient (Wildman–Crippen LogP) is 6.53. The number of para-hydroxylation sites is 1. The fourth-order valence-corrected chi connectivity index (χ4v) is 5.54. The van der Waals surface area contributed by atoms with E-state index >= 15 is 0 Å². The van der Waals surface area contributed by atoms with Crippen LogP contribution in [-0.2, 0) is 6.54 Å². The molecule has 0 atom stereocenters. The third kappa shape index (κ3) is 5.84. The normalized spacial score (nSPS) is 12.1. The molecule has 194 valence electrons. The van der Waals surface area contributed by atoms with Crippen molar-refractivity contribution >= 4 is 57.1 Å². The molecule has 39 heavy (non-hydrogen) atoms. The fraction of sp³-hybridized carbons (Fsp3) is 0.0333. The zero-order valence-electron chi connectivity index (χ0n) is 20.6. The van der Waals surface area contributed by atoms with E-state index in [9.17, 15) is 15.2 Å². The van der Waals surface area contributed by atoms with Gasteiger partial charge in [-0.1, -0.05) is 67.0 Å². The molecule has 3 aromatic carbocycles. The maximum Gasteiger partial charge on any atom is 0.270 e. The third-order valence-electron chi connectivity index (χ3n) is 5.98. The van der Waals surface area contributed by atoms with E-state index in [2.05, 4.69) is 29.1 Å². The lowest BCUT2D eigenvalue weighted by molar-refractivity contribution is -0.384. The second-order valence-electron chi connectivity index (χ2n) is 8.64. The molecule has 0 aliphatic rings. The lowest BCUT2D eigenvalue weighted by atomic mass is 10.1. The molecule has 0 spiro atoms. The molecule has 0 amide bonds. The first kappa shape index (κ1) is 26.1. The van der Waals surface area contributed by atoms with Crippen molar-refractivity contribution in [2.45, 2.75) is 6.54 Å². The minimum atomic E-state index is -0.437. The van der Waals surface area contributed by atoms with Crippen molar-refractivity contribution in [2.24, 2.45) is 4.99 Å². The Hall–Kier alpha value is -4.47. The number of aliphatic hydroxyl groups excluding tert-OH is 1. The van der Waals surface area contributed by atoms with E-state index in [1.807, 2.05) is 77.4 Å². The van der Waals surface area contributed by atoms with Gasteiger partial charge in [0.25, 0.3) is 5.69 Å². The number of aliphatic hydroxyl groups is 1. The van der Waals surface area contributed by atoms with Crippen LogP contribution in [0.25, 0.3) is 29.7 Å². The summed E-state index contributed by atoms with van der Waals surface area (Å²) in [6, 6.07) is 25.5. The van der Waals surface area contributed by atoms with Gasteiger partial charge in [0.1, 0.15) is 17.3 Å². The smallest absolute Gasteiger partial charge is 0.270 e. The summed E-state index contributed by atoms with van der Waals surface area (Å²) in [5.41, 5.74) is 3.23. The third-order valence-corrected chi connectivity index (χ3v) is 7.70. The van der Waals surface area contributed by atoms with Crippen molar-refractivity contribution in [3.63, 3.8) is 0 Å². The van der Waals surface area contributed by atoms with Gasteiger partial charge in [0.05, 0.1) is 27.0 Å². The van der Waals surface area contributed by atoms with E-state index in [1.54, 1.807) is 6.07 Å². The molecule has 0 aliphatic carbocycles. The average Bonchev–Trinajstić information content (AvgIpc) is 3.50. The summed E-state index contributed by atoms with van der Waals surface area (Å²) in [5.74, 6) is 1.22. The van der Waals surface area contributed by atoms with Crippen LogP contribution in [0.4, 0.5) is 11.4 Å². The van der Waals surface area contributed by atoms with Crippen LogP contribution in [0.2, 0.25) is 0 Å². The lowest BCUT2D eigenvalue weighted by Crippen LogP contribution is -2.31. The van der Waals surface area contributed by atoms with Gasteiger partial charge in [0.15, 0.2) is 4.80 Å². The Balaban J connectivity index is 1.56. The molecule has 0 unspecified atom stereocenters. The van der Waals surface area contributed by atoms with Crippen molar-refractivity contribution in [3.8, 4) is 11.3 Å². The number of hydrogen-bond donors (Lipinski definition) is 1. The zero-order chi connectivity index (χ0) is 27.5. The van der Waals surface area contributed by atoms with Crippen molar-refractivity contribution in [2.75, 3.05) is 0 Å². The van der Waals surface area contributed by atoms with E-state index in [1.165, 1.54) is 23.5 Å².